The number of methoxy groups -OCH3 is 2. The number of nitrogens with two attached hydrogens (primary N) is 3. The summed E-state index contributed by atoms with van der Waals surface area (Å²) >= 11 is 0. The largest absolute Gasteiger partial charge is 0.527 e. The Balaban J connectivity index is 1.16. The van der Waals surface area contributed by atoms with Crippen LogP contribution in [0.25, 0.3) is 11.2 Å². The van der Waals surface area contributed by atoms with Crippen LogP contribution in [0.4, 0.5) is 40.7 Å². The summed E-state index contributed by atoms with van der Waals surface area (Å²) in [5.41, 5.74) is 15.8. The molecule has 0 radical (unpaired) electrons. The number of nitrogens with zero attached hydrogens (tertiary/aromatic N) is 9. The Morgan fingerprint density at radius 3 is 2.15 bits per heavy atom. The van der Waals surface area contributed by atoms with Crippen LogP contribution in [0.1, 0.15) is 13.2 Å². The number of fused-ring (bicyclic) bond motifs is 1. The van der Waals surface area contributed by atoms with E-state index < -0.39 is 135 Å². The second kappa shape index (κ2) is 25.4. The molecule has 6 rings (SSSR count). The fourth-order valence-electron chi connectivity index (χ4n) is 7.94. The first kappa shape index (κ1) is 63.7. The number of hydrogen-bond donors (Lipinski definition) is 13. The summed E-state index contributed by atoms with van der Waals surface area (Å²) in [4.78, 5) is 88.7. The van der Waals surface area contributed by atoms with E-state index >= 15 is 0 Å². The molecule has 2 aliphatic rings. The molecular formula is C37H60N15O24P4+. The summed E-state index contributed by atoms with van der Waals surface area (Å²) in [5, 5.41) is 43.9. The minimum absolute atomic E-state index is 0.00637. The van der Waals surface area contributed by atoms with Crippen molar-refractivity contribution in [3.8, 4) is 0 Å². The van der Waals surface area contributed by atoms with Gasteiger partial charge in [-0.05, 0) is 13.6 Å². The number of anilines is 5. The third-order valence-corrected chi connectivity index (χ3v) is 17.5. The summed E-state index contributed by atoms with van der Waals surface area (Å²) < 4.78 is 112. The molecule has 0 spiro atoms. The molecule has 4 aromatic heterocycles. The van der Waals surface area contributed by atoms with E-state index in [1.54, 1.807) is 14.1 Å². The fraction of sp³-hybridized carbons (Fsp3) is 0.568. The van der Waals surface area contributed by atoms with Gasteiger partial charge in [0.2, 0.25) is 29.6 Å². The lowest BCUT2D eigenvalue weighted by Crippen LogP contribution is -3.01. The first-order chi connectivity index (χ1) is 37.3. The second-order valence-corrected chi connectivity index (χ2v) is 23.7. The number of aromatic amines is 2. The molecule has 6 heterocycles. The lowest BCUT2D eigenvalue weighted by Gasteiger charge is -2.34. The molecule has 446 valence electrons. The fourth-order valence-corrected chi connectivity index (χ4v) is 12.6. The molecule has 0 amide bonds. The number of quaternary nitrogens is 1. The standard InChI is InChI=1S/C37H59N15O24P4/c1-15(50(5)30-20(41-2)32(57)47-36(39)45-30)22(54)23(55)16(53)10-69-77(59,60)74-26-18(73-35(27(26)67-8)52-14-44-19-28(38)42-13-43-29(19)52)12-71-80(65,68-9)76-79(63,64)75-78(61,62)70-11-17-25(66-7)24(56)34(72-17)51(6)31-21(49(3)4)33(58)48-37(40)46-31/h13-17,22-25,27,34-35,53-56H,2,10-12H2,1,3-9H3,(H,59,60)(H,61,62)(H,63,64)(H2,38,42,43)(H3,39,45,47,57)(H3,40,46,48,58)/p+1. The second-order valence-electron chi connectivity index (χ2n) is 17.4. The van der Waals surface area contributed by atoms with Crippen LogP contribution in [0.5, 0.6) is 0 Å². The monoisotopic (exact) mass is 1220 g/mol. The number of aliphatic imine (C=N–C) groups is 1. The van der Waals surface area contributed by atoms with Crippen molar-refractivity contribution in [2.75, 3.05) is 96.3 Å². The van der Waals surface area contributed by atoms with Crippen molar-refractivity contribution >= 4 is 89.9 Å². The Kier molecular flexibility index (Phi) is 20.2. The number of phosphoric acid groups is 4. The van der Waals surface area contributed by atoms with Gasteiger partial charge in [-0.3, -0.25) is 57.0 Å². The van der Waals surface area contributed by atoms with E-state index in [1.807, 2.05) is 0 Å². The average Bonchev–Trinajstić information content (AvgIpc) is 4.06. The number of phosphoric ester groups is 3. The van der Waals surface area contributed by atoms with Crippen LogP contribution in [0, 0.1) is 0 Å². The SMILES string of the molecule is C=Nc1c(N(C)C(C)C(O)C(O)C(O)COP(=O)(O)OC2=C(COP(=O)(OC)OP(=O)(O)OP(=O)(O)OCC3OC(N(C)c4nc(N)[nH]c(=O)c4[NH+](C)C)C(O)C3OC)OC(n3cnc4c(N)ncnc43)C2OC)nc(N)[nH]c1=O. The van der Waals surface area contributed by atoms with Gasteiger partial charge in [0.05, 0.1) is 33.4 Å². The molecule has 16 N–H and O–H groups in total. The van der Waals surface area contributed by atoms with E-state index in [2.05, 4.69) is 55.2 Å². The van der Waals surface area contributed by atoms with E-state index in [1.165, 1.54) is 35.4 Å². The number of nitrogen functional groups attached to an aromatic ring is 3. The number of rotatable bonds is 28. The summed E-state index contributed by atoms with van der Waals surface area (Å²) in [7, 11) is -14.1. The van der Waals surface area contributed by atoms with Crippen molar-refractivity contribution < 1.29 is 108 Å². The zero-order chi connectivity index (χ0) is 59.6. The highest BCUT2D eigenvalue weighted by atomic mass is 31.3. The molecule has 14 atom stereocenters. The highest BCUT2D eigenvalue weighted by molar-refractivity contribution is 7.67. The summed E-state index contributed by atoms with van der Waals surface area (Å²) in [5.74, 6) is -2.40. The van der Waals surface area contributed by atoms with Crippen molar-refractivity contribution in [2.24, 2.45) is 4.99 Å². The van der Waals surface area contributed by atoms with Gasteiger partial charge in [0.1, 0.15) is 61.4 Å². The lowest BCUT2D eigenvalue weighted by atomic mass is 10.0. The molecular weight excluding hydrogens is 1160 g/mol. The van der Waals surface area contributed by atoms with Crippen LogP contribution in [0.3, 0.4) is 0 Å². The molecule has 0 saturated carbocycles. The van der Waals surface area contributed by atoms with Gasteiger partial charge in [0.15, 0.2) is 46.8 Å². The van der Waals surface area contributed by atoms with Crippen LogP contribution in [-0.4, -0.2) is 206 Å². The summed E-state index contributed by atoms with van der Waals surface area (Å²) in [6, 6.07) is -1.18. The number of aromatic nitrogens is 8. The molecule has 0 bridgehead atoms. The molecule has 14 unspecified atom stereocenters. The number of H-pyrrole nitrogens is 2. The Morgan fingerprint density at radius 2 is 1.54 bits per heavy atom. The van der Waals surface area contributed by atoms with E-state index in [0.717, 1.165) is 26.9 Å². The number of hydrogen-bond acceptors (Lipinski definition) is 32. The van der Waals surface area contributed by atoms with Crippen LogP contribution in [0.2, 0.25) is 0 Å². The van der Waals surface area contributed by atoms with Crippen LogP contribution < -0.4 is 43.0 Å². The first-order valence-electron chi connectivity index (χ1n) is 22.8. The van der Waals surface area contributed by atoms with Gasteiger partial charge in [0, 0.05) is 35.4 Å². The van der Waals surface area contributed by atoms with Crippen molar-refractivity contribution in [3.63, 3.8) is 0 Å². The number of aliphatic hydroxyl groups excluding tert-OH is 4. The van der Waals surface area contributed by atoms with Gasteiger partial charge in [-0.25, -0.2) is 33.2 Å². The Labute approximate surface area is 451 Å². The quantitative estimate of drug-likeness (QED) is 0.0195. The normalized spacial score (nSPS) is 24.1. The minimum Gasteiger partial charge on any atom is -0.465 e. The van der Waals surface area contributed by atoms with Gasteiger partial charge in [0.25, 0.3) is 5.56 Å². The lowest BCUT2D eigenvalue weighted by molar-refractivity contribution is -0.786. The maximum Gasteiger partial charge on any atom is 0.527 e. The third kappa shape index (κ3) is 14.2. The highest BCUT2D eigenvalue weighted by Gasteiger charge is 2.51. The molecule has 0 aliphatic carbocycles. The predicted molar refractivity (Wildman–Crippen MR) is 273 cm³/mol. The minimum atomic E-state index is -6.11. The van der Waals surface area contributed by atoms with Crippen LogP contribution in [0.15, 0.2) is 38.8 Å². The Hall–Kier alpha value is -5.44. The topological polar surface area (TPSA) is 548 Å². The highest BCUT2D eigenvalue weighted by Crippen LogP contribution is 2.69. The van der Waals surface area contributed by atoms with Gasteiger partial charge in [-0.1, -0.05) is 0 Å². The summed E-state index contributed by atoms with van der Waals surface area (Å²) in [6.07, 6.45) is -12.9. The maximum atomic E-state index is 13.8. The smallest absolute Gasteiger partial charge is 0.465 e. The van der Waals surface area contributed by atoms with Gasteiger partial charge >= 0.3 is 36.9 Å². The van der Waals surface area contributed by atoms with Crippen LogP contribution in [-0.2, 0) is 68.4 Å². The number of aliphatic hydroxyl groups is 4. The van der Waals surface area contributed by atoms with Crippen molar-refractivity contribution in [1.82, 2.24) is 39.5 Å². The van der Waals surface area contributed by atoms with E-state index in [0.29, 0.717) is 12.0 Å². The average molecular weight is 1220 g/mol. The van der Waals surface area contributed by atoms with Crippen molar-refractivity contribution in [2.45, 2.75) is 68.1 Å². The summed E-state index contributed by atoms with van der Waals surface area (Å²) in [6.45, 7) is 1.16. The maximum absolute atomic E-state index is 13.8. The number of nitrogens with one attached hydrogen (secondary N) is 3. The van der Waals surface area contributed by atoms with Gasteiger partial charge < -0.3 is 80.7 Å². The van der Waals surface area contributed by atoms with Gasteiger partial charge in [-0.2, -0.15) is 18.6 Å². The van der Waals surface area contributed by atoms with Gasteiger partial charge in [-0.15, -0.1) is 0 Å². The Morgan fingerprint density at radius 1 is 0.887 bits per heavy atom. The molecule has 1 fully saturated rings. The number of likely N-dealkylation sites (N-methyl/N-ethyl adjacent to an activating group) is 2. The van der Waals surface area contributed by atoms with E-state index in [4.69, 9.17) is 58.8 Å². The molecule has 39 nitrogen and oxygen atoms in total. The van der Waals surface area contributed by atoms with E-state index in [-0.39, 0.29) is 51.9 Å². The molecule has 1 saturated heterocycles. The molecule has 80 heavy (non-hydrogen) atoms. The molecule has 43 heteroatoms. The zero-order valence-corrected chi connectivity index (χ0v) is 47.0. The third-order valence-electron chi connectivity index (χ3n) is 11.9. The predicted octanol–water partition coefficient (Wildman–Crippen LogP) is -3.40. The zero-order valence-electron chi connectivity index (χ0n) is 43.4. The number of ether oxygens (including phenoxy) is 4. The van der Waals surface area contributed by atoms with Crippen molar-refractivity contribution in [3.05, 3.63) is 44.9 Å². The Bertz CT molecular complexity index is 3240. The van der Waals surface area contributed by atoms with Crippen LogP contribution >= 0.6 is 31.3 Å². The first-order valence-corrected chi connectivity index (χ1v) is 28.8. The number of imidazole rings is 1. The van der Waals surface area contributed by atoms with Crippen molar-refractivity contribution in [1.29, 1.82) is 0 Å². The van der Waals surface area contributed by atoms with E-state index in [9.17, 15) is 63.0 Å². The molecule has 0 aromatic carbocycles. The molecule has 2 aliphatic heterocycles. The molecule has 4 aromatic rings.